The van der Waals surface area contributed by atoms with Crippen LogP contribution in [-0.4, -0.2) is 67.2 Å². The molecule has 0 radical (unpaired) electrons. The predicted molar refractivity (Wildman–Crippen MR) is 77.0 cm³/mol. The van der Waals surface area contributed by atoms with Crippen molar-refractivity contribution in [2.75, 3.05) is 39.8 Å². The Balaban J connectivity index is 2.38. The number of hydrogen-bond donors (Lipinski definition) is 1. The van der Waals surface area contributed by atoms with Crippen LogP contribution in [0, 0.1) is 0 Å². The zero-order chi connectivity index (χ0) is 14.5. The lowest BCUT2D eigenvalue weighted by atomic mass is 9.99. The normalized spacial score (nSPS) is 23.6. The Morgan fingerprint density at radius 3 is 2.63 bits per heavy atom. The summed E-state index contributed by atoms with van der Waals surface area (Å²) in [6.07, 6.45) is 1.85. The molecular weight excluding hydrogens is 242 g/mol. The quantitative estimate of drug-likeness (QED) is 0.690. The van der Waals surface area contributed by atoms with Crippen LogP contribution in [0.1, 0.15) is 33.6 Å². The average molecular weight is 271 g/mol. The van der Waals surface area contributed by atoms with Crippen molar-refractivity contribution in [1.29, 1.82) is 0 Å². The van der Waals surface area contributed by atoms with Crippen molar-refractivity contribution in [1.82, 2.24) is 9.80 Å². The molecule has 1 aliphatic rings. The third-order valence-electron chi connectivity index (χ3n) is 4.18. The summed E-state index contributed by atoms with van der Waals surface area (Å²) in [5, 5.41) is 0. The van der Waals surface area contributed by atoms with Crippen molar-refractivity contribution >= 4 is 5.97 Å². The van der Waals surface area contributed by atoms with E-state index in [1.807, 2.05) is 0 Å². The van der Waals surface area contributed by atoms with E-state index < -0.39 is 5.54 Å². The summed E-state index contributed by atoms with van der Waals surface area (Å²) >= 11 is 0. The van der Waals surface area contributed by atoms with E-state index in [-0.39, 0.29) is 5.97 Å². The molecule has 2 unspecified atom stereocenters. The van der Waals surface area contributed by atoms with Gasteiger partial charge in [0.2, 0.25) is 0 Å². The van der Waals surface area contributed by atoms with Gasteiger partial charge in [-0.05, 0) is 39.4 Å². The topological polar surface area (TPSA) is 58.8 Å². The second kappa shape index (κ2) is 7.22. The lowest BCUT2D eigenvalue weighted by Gasteiger charge is -2.27. The lowest BCUT2D eigenvalue weighted by molar-refractivity contribution is -0.146. The highest BCUT2D eigenvalue weighted by Crippen LogP contribution is 2.17. The standard InChI is InChI=1S/C14H29N3O2/c1-5-17(6-2)12-7-9-16(11-12)10-8-14(3,15)13(18)19-4/h12H,5-11,15H2,1-4H3. The molecule has 1 aliphatic heterocycles. The number of nitrogens with zero attached hydrogens (tertiary/aromatic N) is 2. The van der Waals surface area contributed by atoms with E-state index in [9.17, 15) is 4.79 Å². The van der Waals surface area contributed by atoms with E-state index in [0.29, 0.717) is 12.5 Å². The SMILES string of the molecule is CCN(CC)C1CCN(CCC(C)(N)C(=O)OC)C1. The van der Waals surface area contributed by atoms with Crippen LogP contribution in [0.15, 0.2) is 0 Å². The highest BCUT2D eigenvalue weighted by atomic mass is 16.5. The van der Waals surface area contributed by atoms with E-state index >= 15 is 0 Å². The molecule has 0 spiro atoms. The number of esters is 1. The van der Waals surface area contributed by atoms with Crippen LogP contribution < -0.4 is 5.73 Å². The van der Waals surface area contributed by atoms with Gasteiger partial charge >= 0.3 is 5.97 Å². The van der Waals surface area contributed by atoms with Gasteiger partial charge in [0.15, 0.2) is 0 Å². The summed E-state index contributed by atoms with van der Waals surface area (Å²) in [5.41, 5.74) is 5.11. The van der Waals surface area contributed by atoms with Gasteiger partial charge in [-0.1, -0.05) is 13.8 Å². The monoisotopic (exact) mass is 271 g/mol. The van der Waals surface area contributed by atoms with Gasteiger partial charge in [0.25, 0.3) is 0 Å². The molecule has 0 amide bonds. The Hall–Kier alpha value is -0.650. The third-order valence-corrected chi connectivity index (χ3v) is 4.18. The highest BCUT2D eigenvalue weighted by Gasteiger charge is 2.32. The molecule has 1 fully saturated rings. The Labute approximate surface area is 117 Å². The van der Waals surface area contributed by atoms with Crippen LogP contribution >= 0.6 is 0 Å². The van der Waals surface area contributed by atoms with E-state index in [1.54, 1.807) is 6.92 Å². The number of carbonyl (C=O) groups is 1. The molecule has 0 aromatic heterocycles. The number of likely N-dealkylation sites (tertiary alicyclic amines) is 1. The summed E-state index contributed by atoms with van der Waals surface area (Å²) in [6, 6.07) is 0.650. The Bertz CT molecular complexity index is 290. The fourth-order valence-electron chi connectivity index (χ4n) is 2.78. The lowest BCUT2D eigenvalue weighted by Crippen LogP contribution is -2.48. The highest BCUT2D eigenvalue weighted by molar-refractivity contribution is 5.79. The molecule has 1 saturated heterocycles. The molecule has 19 heavy (non-hydrogen) atoms. The van der Waals surface area contributed by atoms with Crippen molar-refractivity contribution < 1.29 is 9.53 Å². The van der Waals surface area contributed by atoms with Gasteiger partial charge in [0.1, 0.15) is 5.54 Å². The molecular formula is C14H29N3O2. The second-order valence-electron chi connectivity index (χ2n) is 5.62. The molecule has 0 aliphatic carbocycles. The molecule has 1 rings (SSSR count). The first-order valence-electron chi connectivity index (χ1n) is 7.28. The zero-order valence-corrected chi connectivity index (χ0v) is 12.8. The number of carbonyl (C=O) groups excluding carboxylic acids is 1. The van der Waals surface area contributed by atoms with Gasteiger partial charge in [-0.2, -0.15) is 0 Å². The van der Waals surface area contributed by atoms with Gasteiger partial charge in [-0.25, -0.2) is 0 Å². The van der Waals surface area contributed by atoms with Crippen molar-refractivity contribution in [3.05, 3.63) is 0 Å². The summed E-state index contributed by atoms with van der Waals surface area (Å²) in [7, 11) is 1.39. The fourth-order valence-corrected chi connectivity index (χ4v) is 2.78. The minimum absolute atomic E-state index is 0.327. The van der Waals surface area contributed by atoms with E-state index in [4.69, 9.17) is 10.5 Å². The van der Waals surface area contributed by atoms with Gasteiger partial charge in [-0.3, -0.25) is 9.69 Å². The second-order valence-corrected chi connectivity index (χ2v) is 5.62. The Kier molecular flexibility index (Phi) is 6.23. The minimum Gasteiger partial charge on any atom is -0.468 e. The van der Waals surface area contributed by atoms with Crippen LogP contribution in [0.3, 0.4) is 0 Å². The van der Waals surface area contributed by atoms with Crippen LogP contribution in [-0.2, 0) is 9.53 Å². The van der Waals surface area contributed by atoms with Gasteiger partial charge in [0.05, 0.1) is 7.11 Å². The van der Waals surface area contributed by atoms with Gasteiger partial charge in [0, 0.05) is 19.1 Å². The Morgan fingerprint density at radius 2 is 2.11 bits per heavy atom. The first-order chi connectivity index (χ1) is 8.94. The van der Waals surface area contributed by atoms with Crippen LogP contribution in [0.5, 0.6) is 0 Å². The van der Waals surface area contributed by atoms with Gasteiger partial charge < -0.3 is 15.4 Å². The van der Waals surface area contributed by atoms with E-state index in [1.165, 1.54) is 13.5 Å². The first kappa shape index (κ1) is 16.4. The summed E-state index contributed by atoms with van der Waals surface area (Å²) in [4.78, 5) is 16.4. The van der Waals surface area contributed by atoms with Crippen molar-refractivity contribution in [2.24, 2.45) is 5.73 Å². The number of ether oxygens (including phenoxy) is 1. The maximum absolute atomic E-state index is 11.5. The zero-order valence-electron chi connectivity index (χ0n) is 12.8. The van der Waals surface area contributed by atoms with E-state index in [2.05, 4.69) is 23.6 Å². The fraction of sp³-hybridized carbons (Fsp3) is 0.929. The minimum atomic E-state index is -0.873. The maximum atomic E-state index is 11.5. The molecule has 2 atom stereocenters. The molecule has 5 nitrogen and oxygen atoms in total. The molecule has 5 heteroatoms. The largest absolute Gasteiger partial charge is 0.468 e. The summed E-state index contributed by atoms with van der Waals surface area (Å²) in [5.74, 6) is -0.327. The van der Waals surface area contributed by atoms with Crippen LogP contribution in [0.2, 0.25) is 0 Å². The molecule has 0 saturated carbocycles. The third kappa shape index (κ3) is 4.44. The first-order valence-corrected chi connectivity index (χ1v) is 7.28. The number of nitrogens with two attached hydrogens (primary N) is 1. The summed E-state index contributed by atoms with van der Waals surface area (Å²) in [6.45, 7) is 11.4. The molecule has 1 heterocycles. The van der Waals surface area contributed by atoms with Crippen molar-refractivity contribution in [2.45, 2.75) is 45.2 Å². The van der Waals surface area contributed by atoms with Crippen LogP contribution in [0.4, 0.5) is 0 Å². The molecule has 0 aromatic rings. The molecule has 2 N–H and O–H groups in total. The number of likely N-dealkylation sites (N-methyl/N-ethyl adjacent to an activating group) is 1. The molecule has 112 valence electrons. The van der Waals surface area contributed by atoms with Crippen molar-refractivity contribution in [3.8, 4) is 0 Å². The van der Waals surface area contributed by atoms with Crippen LogP contribution in [0.25, 0.3) is 0 Å². The molecule has 0 aromatic carbocycles. The number of methoxy groups -OCH3 is 1. The Morgan fingerprint density at radius 1 is 1.47 bits per heavy atom. The maximum Gasteiger partial charge on any atom is 0.325 e. The van der Waals surface area contributed by atoms with E-state index in [0.717, 1.165) is 32.7 Å². The average Bonchev–Trinajstić information content (AvgIpc) is 2.86. The summed E-state index contributed by atoms with van der Waals surface area (Å²) < 4.78 is 4.73. The predicted octanol–water partition coefficient (Wildman–Crippen LogP) is 0.683. The number of hydrogen-bond acceptors (Lipinski definition) is 5. The molecule has 0 bridgehead atoms. The van der Waals surface area contributed by atoms with Crippen molar-refractivity contribution in [3.63, 3.8) is 0 Å². The smallest absolute Gasteiger partial charge is 0.325 e. The number of rotatable bonds is 7. The van der Waals surface area contributed by atoms with Gasteiger partial charge in [-0.15, -0.1) is 0 Å².